The Kier molecular flexibility index (Phi) is 7.57. The molecule has 11 rings (SSSR count). The summed E-state index contributed by atoms with van der Waals surface area (Å²) in [5, 5.41) is 11.4. The first kappa shape index (κ1) is 33.0. The summed E-state index contributed by atoms with van der Waals surface area (Å²) in [6.45, 7) is 2.48. The van der Waals surface area contributed by atoms with Crippen LogP contribution in [0.3, 0.4) is 0 Å². The van der Waals surface area contributed by atoms with Gasteiger partial charge in [-0.25, -0.2) is 15.0 Å². The van der Waals surface area contributed by atoms with Gasteiger partial charge in [0.15, 0.2) is 17.5 Å². The van der Waals surface area contributed by atoms with Crippen LogP contribution in [-0.2, 0) is 5.41 Å². The molecule has 0 N–H and O–H groups in total. The maximum Gasteiger partial charge on any atom is 0.164 e. The molecule has 3 fully saturated rings. The predicted octanol–water partition coefficient (Wildman–Crippen LogP) is 12.7. The zero-order valence-corrected chi connectivity index (χ0v) is 31.3. The molecule has 3 aliphatic carbocycles. The van der Waals surface area contributed by atoms with Crippen LogP contribution in [0.1, 0.15) is 50.2 Å². The lowest BCUT2D eigenvalue weighted by Gasteiger charge is -2.42. The first-order valence-electron chi connectivity index (χ1n) is 20.0. The zero-order chi connectivity index (χ0) is 37.4. The molecule has 8 aromatic rings. The molecular weight excluding hydrogens is 685 g/mol. The lowest BCUT2D eigenvalue weighted by molar-refractivity contribution is 0.0780. The monoisotopic (exact) mass is 724 g/mol. The van der Waals surface area contributed by atoms with Gasteiger partial charge in [0, 0.05) is 33.0 Å². The third-order valence-corrected chi connectivity index (χ3v) is 13.3. The zero-order valence-electron chi connectivity index (χ0n) is 31.3. The van der Waals surface area contributed by atoms with E-state index in [-0.39, 0.29) is 0 Å². The molecule has 3 saturated carbocycles. The molecule has 2 bridgehead atoms. The number of nitrogens with zero attached hydrogens (tertiary/aromatic N) is 4. The normalized spacial score (nSPS) is 22.4. The summed E-state index contributed by atoms with van der Waals surface area (Å²) >= 11 is 0. The summed E-state index contributed by atoms with van der Waals surface area (Å²) in [4.78, 5) is 15.3. The average molecular weight is 725 g/mol. The molecule has 5 atom stereocenters. The number of para-hydroxylation sites is 1. The summed E-state index contributed by atoms with van der Waals surface area (Å²) in [5.74, 6) is 5.55. The molecule has 3 aliphatic rings. The Labute approximate surface area is 326 Å². The van der Waals surface area contributed by atoms with E-state index in [1.807, 2.05) is 42.5 Å². The van der Waals surface area contributed by atoms with Crippen LogP contribution in [0.4, 0.5) is 0 Å². The van der Waals surface area contributed by atoms with Gasteiger partial charge in [-0.05, 0) is 102 Å². The van der Waals surface area contributed by atoms with Crippen molar-refractivity contribution in [1.82, 2.24) is 15.0 Å². The molecule has 6 aromatic carbocycles. The van der Waals surface area contributed by atoms with E-state index in [9.17, 15) is 5.26 Å². The second-order valence-corrected chi connectivity index (χ2v) is 16.6. The second kappa shape index (κ2) is 12.9. The Morgan fingerprint density at radius 3 is 2.02 bits per heavy atom. The van der Waals surface area contributed by atoms with Crippen LogP contribution in [-0.4, -0.2) is 15.0 Å². The fraction of sp³-hybridized carbons (Fsp3) is 0.216. The van der Waals surface area contributed by atoms with Gasteiger partial charge in [0.1, 0.15) is 11.2 Å². The fourth-order valence-electron chi connectivity index (χ4n) is 10.8. The van der Waals surface area contributed by atoms with Crippen molar-refractivity contribution in [2.45, 2.75) is 44.4 Å². The number of hydrogen-bond acceptors (Lipinski definition) is 5. The Morgan fingerprint density at radius 2 is 1.23 bits per heavy atom. The third kappa shape index (κ3) is 5.39. The first-order valence-corrected chi connectivity index (χ1v) is 20.0. The summed E-state index contributed by atoms with van der Waals surface area (Å²) in [7, 11) is 0. The highest BCUT2D eigenvalue weighted by molar-refractivity contribution is 6.09. The maximum absolute atomic E-state index is 9.48. The van der Waals surface area contributed by atoms with E-state index in [2.05, 4.69) is 104 Å². The molecule has 0 saturated heterocycles. The van der Waals surface area contributed by atoms with Crippen LogP contribution in [0.15, 0.2) is 144 Å². The van der Waals surface area contributed by atoms with E-state index in [1.54, 1.807) is 6.07 Å². The number of benzene rings is 6. The third-order valence-electron chi connectivity index (χ3n) is 13.3. The minimum Gasteiger partial charge on any atom is -0.455 e. The Balaban J connectivity index is 0.968. The van der Waals surface area contributed by atoms with Crippen LogP contribution >= 0.6 is 0 Å². The lowest BCUT2D eigenvalue weighted by atomic mass is 9.63. The summed E-state index contributed by atoms with van der Waals surface area (Å²) in [6.07, 6.45) is 6.94. The van der Waals surface area contributed by atoms with Gasteiger partial charge in [0.05, 0.1) is 11.6 Å². The van der Waals surface area contributed by atoms with E-state index in [1.165, 1.54) is 43.2 Å². The van der Waals surface area contributed by atoms with Gasteiger partial charge >= 0.3 is 0 Å². The van der Waals surface area contributed by atoms with Gasteiger partial charge in [0.2, 0.25) is 0 Å². The molecule has 2 aromatic heterocycles. The lowest BCUT2D eigenvalue weighted by Crippen LogP contribution is -2.34. The average Bonchev–Trinajstić information content (AvgIpc) is 3.73. The van der Waals surface area contributed by atoms with Crippen molar-refractivity contribution < 1.29 is 4.42 Å². The Bertz CT molecular complexity index is 2830. The van der Waals surface area contributed by atoms with E-state index >= 15 is 0 Å². The number of furan rings is 1. The number of hydrogen-bond donors (Lipinski definition) is 0. The van der Waals surface area contributed by atoms with Crippen molar-refractivity contribution in [1.29, 1.82) is 5.26 Å². The minimum absolute atomic E-state index is 0.335. The van der Waals surface area contributed by atoms with Crippen LogP contribution in [0.5, 0.6) is 0 Å². The van der Waals surface area contributed by atoms with E-state index in [4.69, 9.17) is 19.4 Å². The molecule has 0 aliphatic heterocycles. The molecule has 56 heavy (non-hydrogen) atoms. The van der Waals surface area contributed by atoms with Crippen LogP contribution in [0.25, 0.3) is 78.4 Å². The maximum atomic E-state index is 9.48. The van der Waals surface area contributed by atoms with Gasteiger partial charge in [-0.1, -0.05) is 128 Å². The van der Waals surface area contributed by atoms with Crippen molar-refractivity contribution >= 4 is 21.9 Å². The summed E-state index contributed by atoms with van der Waals surface area (Å²) in [5.41, 5.74) is 11.2. The number of fused-ring (bicyclic) bond motifs is 4. The minimum atomic E-state index is 0.335. The Hall–Kier alpha value is -6.38. The Morgan fingerprint density at radius 1 is 0.571 bits per heavy atom. The molecule has 0 radical (unpaired) electrons. The van der Waals surface area contributed by atoms with Crippen molar-refractivity contribution in [3.8, 4) is 62.5 Å². The van der Waals surface area contributed by atoms with Crippen molar-refractivity contribution in [2.24, 2.45) is 23.7 Å². The van der Waals surface area contributed by atoms with Gasteiger partial charge in [0.25, 0.3) is 0 Å². The van der Waals surface area contributed by atoms with E-state index in [0.29, 0.717) is 28.5 Å². The molecule has 5 nitrogen and oxygen atoms in total. The highest BCUT2D eigenvalue weighted by Gasteiger charge is 2.57. The standard InChI is InChI=1S/C51H40N4O/c1-31-24-37-26-38-28-51(27-31,29-45(37)38)39-21-19-33(20-22-39)40-10-5-6-11-43(40)50-54-48(35-8-3-2-4-9-35)53-49(55-50)36-17-15-34(16-18-36)41-12-7-13-42-44-25-32(30-52)14-23-46(44)56-47(41)42/h2-23,25,31,37-38,45H,24,26-29H2,1H3/t31-,37?,38-,45-,51?/m1/s1. The van der Waals surface area contributed by atoms with Crippen LogP contribution in [0, 0.1) is 35.0 Å². The molecular formula is C51H40N4O. The molecule has 5 heteroatoms. The molecule has 0 spiro atoms. The highest BCUT2D eigenvalue weighted by atomic mass is 16.3. The highest BCUT2D eigenvalue weighted by Crippen LogP contribution is 2.65. The summed E-state index contributed by atoms with van der Waals surface area (Å²) < 4.78 is 6.35. The van der Waals surface area contributed by atoms with Crippen molar-refractivity contribution in [2.75, 3.05) is 0 Å². The predicted molar refractivity (Wildman–Crippen MR) is 223 cm³/mol. The molecule has 0 amide bonds. The molecule has 270 valence electrons. The first-order chi connectivity index (χ1) is 27.5. The van der Waals surface area contributed by atoms with Gasteiger partial charge < -0.3 is 4.42 Å². The van der Waals surface area contributed by atoms with Gasteiger partial charge in [-0.2, -0.15) is 5.26 Å². The van der Waals surface area contributed by atoms with Crippen molar-refractivity contribution in [3.63, 3.8) is 0 Å². The quantitative estimate of drug-likeness (QED) is 0.171. The fourth-order valence-corrected chi connectivity index (χ4v) is 10.8. The van der Waals surface area contributed by atoms with Crippen molar-refractivity contribution in [3.05, 3.63) is 151 Å². The summed E-state index contributed by atoms with van der Waals surface area (Å²) in [6, 6.07) is 50.5. The topological polar surface area (TPSA) is 75.6 Å². The van der Waals surface area contributed by atoms with Gasteiger partial charge in [-0.15, -0.1) is 0 Å². The second-order valence-electron chi connectivity index (χ2n) is 16.6. The smallest absolute Gasteiger partial charge is 0.164 e. The number of aromatic nitrogens is 3. The van der Waals surface area contributed by atoms with E-state index < -0.39 is 0 Å². The number of nitriles is 1. The van der Waals surface area contributed by atoms with Crippen LogP contribution < -0.4 is 0 Å². The van der Waals surface area contributed by atoms with E-state index in [0.717, 1.165) is 79.0 Å². The molecule has 2 heterocycles. The van der Waals surface area contributed by atoms with Crippen LogP contribution in [0.2, 0.25) is 0 Å². The number of rotatable bonds is 6. The van der Waals surface area contributed by atoms with Gasteiger partial charge in [-0.3, -0.25) is 0 Å². The molecule has 2 unspecified atom stereocenters. The largest absolute Gasteiger partial charge is 0.455 e. The SMILES string of the molecule is C[C@@H]1CC2C[C@@H]3CC(c4ccc(-c5ccccc5-c5nc(-c6ccccc6)nc(-c6ccc(-c7cccc8c7oc7ccc(C#N)cc78)cc6)n5)cc4)(C1)C[C@H]23.